The van der Waals surface area contributed by atoms with Crippen LogP contribution in [0.4, 0.5) is 0 Å². The lowest BCUT2D eigenvalue weighted by molar-refractivity contribution is -0.144. The van der Waals surface area contributed by atoms with Gasteiger partial charge in [-0.2, -0.15) is 0 Å². The van der Waals surface area contributed by atoms with Crippen molar-refractivity contribution in [2.75, 3.05) is 13.1 Å². The highest BCUT2D eigenvalue weighted by Crippen LogP contribution is 2.10. The zero-order chi connectivity index (χ0) is 11.5. The molecule has 0 spiro atoms. The van der Waals surface area contributed by atoms with E-state index in [2.05, 4.69) is 15.5 Å². The summed E-state index contributed by atoms with van der Waals surface area (Å²) in [4.78, 5) is 13.7. The molecule has 1 fully saturated rings. The van der Waals surface area contributed by atoms with Crippen molar-refractivity contribution in [2.24, 2.45) is 0 Å². The second-order valence-electron chi connectivity index (χ2n) is 4.06. The molecule has 0 aliphatic carbocycles. The van der Waals surface area contributed by atoms with Gasteiger partial charge >= 0.3 is 0 Å². The highest BCUT2D eigenvalue weighted by Gasteiger charge is 2.25. The largest absolute Gasteiger partial charge is 0.372 e. The molecule has 1 aliphatic heterocycles. The van der Waals surface area contributed by atoms with Crippen molar-refractivity contribution in [3.63, 3.8) is 0 Å². The van der Waals surface area contributed by atoms with Gasteiger partial charge in [-0.3, -0.25) is 4.79 Å². The molecule has 7 nitrogen and oxygen atoms in total. The molecule has 0 radical (unpaired) electrons. The van der Waals surface area contributed by atoms with Crippen molar-refractivity contribution in [1.82, 2.24) is 25.1 Å². The predicted octanol–water partition coefficient (Wildman–Crippen LogP) is -0.691. The number of aromatic nitrogens is 4. The summed E-state index contributed by atoms with van der Waals surface area (Å²) >= 11 is 0. The highest BCUT2D eigenvalue weighted by molar-refractivity contribution is 5.76. The minimum Gasteiger partial charge on any atom is -0.372 e. The van der Waals surface area contributed by atoms with E-state index in [0.29, 0.717) is 13.1 Å². The lowest BCUT2D eigenvalue weighted by atomic mass is 10.2. The van der Waals surface area contributed by atoms with Crippen molar-refractivity contribution in [1.29, 1.82) is 0 Å². The Kier molecular flexibility index (Phi) is 3.14. The minimum absolute atomic E-state index is 0.0225. The van der Waals surface area contributed by atoms with E-state index in [0.717, 1.165) is 0 Å². The van der Waals surface area contributed by atoms with E-state index in [-0.39, 0.29) is 24.7 Å². The number of rotatable bonds is 2. The summed E-state index contributed by atoms with van der Waals surface area (Å²) in [7, 11) is 0. The number of carbonyl (C=O) groups excluding carboxylic acids is 1. The molecule has 1 aromatic rings. The topological polar surface area (TPSA) is 73.1 Å². The predicted molar refractivity (Wildman–Crippen MR) is 54.4 cm³/mol. The summed E-state index contributed by atoms with van der Waals surface area (Å²) in [6.45, 7) is 5.38. The van der Waals surface area contributed by atoms with Crippen molar-refractivity contribution in [3.05, 3.63) is 6.33 Å². The summed E-state index contributed by atoms with van der Waals surface area (Å²) in [5, 5.41) is 10.6. The van der Waals surface area contributed by atoms with Crippen LogP contribution >= 0.6 is 0 Å². The van der Waals surface area contributed by atoms with Gasteiger partial charge in [0.25, 0.3) is 0 Å². The Morgan fingerprint density at radius 2 is 2.12 bits per heavy atom. The first-order chi connectivity index (χ1) is 7.65. The Balaban J connectivity index is 1.94. The molecule has 0 saturated carbocycles. The van der Waals surface area contributed by atoms with Crippen molar-refractivity contribution in [3.8, 4) is 0 Å². The van der Waals surface area contributed by atoms with Gasteiger partial charge in [0.05, 0.1) is 12.2 Å². The fraction of sp³-hybridized carbons (Fsp3) is 0.778. The smallest absolute Gasteiger partial charge is 0.244 e. The number of amides is 1. The zero-order valence-electron chi connectivity index (χ0n) is 9.41. The highest BCUT2D eigenvalue weighted by atomic mass is 16.5. The van der Waals surface area contributed by atoms with Crippen LogP contribution in [0, 0.1) is 0 Å². The molecule has 7 heteroatoms. The third kappa shape index (κ3) is 2.54. The number of hydrogen-bond acceptors (Lipinski definition) is 5. The van der Waals surface area contributed by atoms with Gasteiger partial charge in [-0.25, -0.2) is 4.68 Å². The second-order valence-corrected chi connectivity index (χ2v) is 4.06. The third-order valence-corrected chi connectivity index (χ3v) is 2.46. The standard InChI is InChI=1S/C9H15N5O2/c1-7-3-13(4-8(2)16-7)9(15)5-14-6-10-11-12-14/h6-8H,3-5H2,1-2H3/t7-,8-/m1/s1. The van der Waals surface area contributed by atoms with Crippen LogP contribution in [0.15, 0.2) is 6.33 Å². The molecule has 2 rings (SSSR count). The van der Waals surface area contributed by atoms with Crippen LogP contribution in [0.5, 0.6) is 0 Å². The average molecular weight is 225 g/mol. The maximum Gasteiger partial charge on any atom is 0.244 e. The lowest BCUT2D eigenvalue weighted by Gasteiger charge is -2.35. The van der Waals surface area contributed by atoms with Gasteiger partial charge in [-0.15, -0.1) is 5.10 Å². The quantitative estimate of drug-likeness (QED) is 0.666. The summed E-state index contributed by atoms with van der Waals surface area (Å²) in [6, 6.07) is 0. The summed E-state index contributed by atoms with van der Waals surface area (Å²) < 4.78 is 6.98. The van der Waals surface area contributed by atoms with E-state index >= 15 is 0 Å². The first-order valence-corrected chi connectivity index (χ1v) is 5.29. The number of tetrazole rings is 1. The maximum absolute atomic E-state index is 11.9. The van der Waals surface area contributed by atoms with Crippen LogP contribution in [-0.4, -0.2) is 56.3 Å². The summed E-state index contributed by atoms with van der Waals surface area (Å²) in [5.41, 5.74) is 0. The molecule has 0 aromatic carbocycles. The van der Waals surface area contributed by atoms with E-state index in [1.54, 1.807) is 4.90 Å². The molecule has 2 heterocycles. The number of morpholine rings is 1. The van der Waals surface area contributed by atoms with Gasteiger partial charge < -0.3 is 9.64 Å². The third-order valence-electron chi connectivity index (χ3n) is 2.46. The molecule has 0 bridgehead atoms. The van der Waals surface area contributed by atoms with Crippen LogP contribution in [0.1, 0.15) is 13.8 Å². The molecule has 16 heavy (non-hydrogen) atoms. The Labute approximate surface area is 93.4 Å². The van der Waals surface area contributed by atoms with Gasteiger partial charge in [-0.1, -0.05) is 0 Å². The molecule has 1 saturated heterocycles. The van der Waals surface area contributed by atoms with Crippen molar-refractivity contribution in [2.45, 2.75) is 32.6 Å². The SMILES string of the molecule is C[C@@H]1CN(C(=O)Cn2cnnn2)C[C@@H](C)O1. The Bertz CT molecular complexity index is 343. The molecular formula is C9H15N5O2. The second kappa shape index (κ2) is 4.56. The molecule has 0 N–H and O–H groups in total. The maximum atomic E-state index is 11.9. The van der Waals surface area contributed by atoms with Crippen molar-refractivity contribution >= 4 is 5.91 Å². The molecule has 1 aliphatic rings. The zero-order valence-corrected chi connectivity index (χ0v) is 9.41. The molecular weight excluding hydrogens is 210 g/mol. The number of hydrogen-bond donors (Lipinski definition) is 0. The average Bonchev–Trinajstić information content (AvgIpc) is 2.68. The molecule has 2 atom stereocenters. The molecule has 88 valence electrons. The van der Waals surface area contributed by atoms with Crippen LogP contribution in [0.2, 0.25) is 0 Å². The van der Waals surface area contributed by atoms with Crippen LogP contribution < -0.4 is 0 Å². The first kappa shape index (κ1) is 11.0. The normalized spacial score (nSPS) is 25.8. The Morgan fingerprint density at radius 1 is 1.44 bits per heavy atom. The summed E-state index contributed by atoms with van der Waals surface area (Å²) in [6.07, 6.45) is 1.61. The fourth-order valence-corrected chi connectivity index (χ4v) is 1.87. The molecule has 0 unspecified atom stereocenters. The lowest BCUT2D eigenvalue weighted by Crippen LogP contribution is -2.49. The van der Waals surface area contributed by atoms with Crippen LogP contribution in [0.3, 0.4) is 0 Å². The van der Waals surface area contributed by atoms with E-state index < -0.39 is 0 Å². The molecule has 1 aromatic heterocycles. The van der Waals surface area contributed by atoms with Gasteiger partial charge in [0.15, 0.2) is 0 Å². The van der Waals surface area contributed by atoms with E-state index in [1.165, 1.54) is 11.0 Å². The minimum atomic E-state index is 0.0225. The molecule has 1 amide bonds. The fourth-order valence-electron chi connectivity index (χ4n) is 1.87. The monoisotopic (exact) mass is 225 g/mol. The van der Waals surface area contributed by atoms with Crippen molar-refractivity contribution < 1.29 is 9.53 Å². The van der Waals surface area contributed by atoms with Crippen LogP contribution in [0.25, 0.3) is 0 Å². The van der Waals surface area contributed by atoms with E-state index in [9.17, 15) is 4.79 Å². The number of ether oxygens (including phenoxy) is 1. The number of carbonyl (C=O) groups is 1. The van der Waals surface area contributed by atoms with Gasteiger partial charge in [-0.05, 0) is 24.3 Å². The van der Waals surface area contributed by atoms with Gasteiger partial charge in [0.1, 0.15) is 12.9 Å². The van der Waals surface area contributed by atoms with Crippen LogP contribution in [-0.2, 0) is 16.1 Å². The Hall–Kier alpha value is -1.50. The van der Waals surface area contributed by atoms with Gasteiger partial charge in [0, 0.05) is 13.1 Å². The first-order valence-electron chi connectivity index (χ1n) is 5.29. The van der Waals surface area contributed by atoms with Gasteiger partial charge in [0.2, 0.25) is 5.91 Å². The Morgan fingerprint density at radius 3 is 2.69 bits per heavy atom. The number of nitrogens with zero attached hydrogens (tertiary/aromatic N) is 5. The van der Waals surface area contributed by atoms with E-state index in [1.807, 2.05) is 13.8 Å². The van der Waals surface area contributed by atoms with E-state index in [4.69, 9.17) is 4.74 Å². The summed E-state index contributed by atoms with van der Waals surface area (Å²) in [5.74, 6) is 0.0225.